The summed E-state index contributed by atoms with van der Waals surface area (Å²) in [5.74, 6) is 0. The summed E-state index contributed by atoms with van der Waals surface area (Å²) in [6.45, 7) is 0.923. The first-order valence-corrected chi connectivity index (χ1v) is 6.08. The highest BCUT2D eigenvalue weighted by Gasteiger charge is 2.21. The van der Waals surface area contributed by atoms with Crippen LogP contribution >= 0.6 is 0 Å². The van der Waals surface area contributed by atoms with Gasteiger partial charge in [0.25, 0.3) is 0 Å². The highest BCUT2D eigenvalue weighted by molar-refractivity contribution is 5.06. The summed E-state index contributed by atoms with van der Waals surface area (Å²) in [5.41, 5.74) is 1.23. The molecule has 2 rings (SSSR count). The molecular weight excluding hydrogens is 202 g/mol. The van der Waals surface area contributed by atoms with Gasteiger partial charge in [-0.1, -0.05) is 0 Å². The lowest BCUT2D eigenvalue weighted by atomic mass is 10.00. The van der Waals surface area contributed by atoms with Gasteiger partial charge in [0.1, 0.15) is 0 Å². The average molecular weight is 223 g/mol. The van der Waals surface area contributed by atoms with E-state index in [0.717, 1.165) is 13.0 Å². The molecule has 0 spiro atoms. The topological polar surface area (TPSA) is 39.1 Å². The normalized spacial score (nSPS) is 23.2. The van der Waals surface area contributed by atoms with Crippen molar-refractivity contribution in [2.24, 2.45) is 7.05 Å². The number of aryl methyl sites for hydroxylation is 1. The molecule has 1 saturated heterocycles. The van der Waals surface area contributed by atoms with Gasteiger partial charge in [-0.2, -0.15) is 5.10 Å². The monoisotopic (exact) mass is 223 g/mol. The van der Waals surface area contributed by atoms with Gasteiger partial charge in [0.15, 0.2) is 0 Å². The van der Waals surface area contributed by atoms with Crippen molar-refractivity contribution in [1.82, 2.24) is 15.1 Å². The van der Waals surface area contributed by atoms with Crippen LogP contribution in [0.3, 0.4) is 0 Å². The molecule has 2 unspecified atom stereocenters. The van der Waals surface area contributed by atoms with E-state index in [2.05, 4.69) is 16.5 Å². The molecule has 1 aromatic rings. The zero-order chi connectivity index (χ0) is 11.4. The molecule has 0 radical (unpaired) electrons. The second-order valence-corrected chi connectivity index (χ2v) is 4.45. The van der Waals surface area contributed by atoms with Crippen molar-refractivity contribution >= 4 is 0 Å². The number of rotatable bonds is 4. The number of hydrogen-bond donors (Lipinski definition) is 1. The highest BCUT2D eigenvalue weighted by atomic mass is 16.5. The van der Waals surface area contributed by atoms with Crippen molar-refractivity contribution in [3.8, 4) is 0 Å². The Morgan fingerprint density at radius 3 is 3.06 bits per heavy atom. The summed E-state index contributed by atoms with van der Waals surface area (Å²) in [7, 11) is 3.99. The van der Waals surface area contributed by atoms with Crippen molar-refractivity contribution in [3.05, 3.63) is 18.0 Å². The minimum atomic E-state index is 0.343. The summed E-state index contributed by atoms with van der Waals surface area (Å²) < 4.78 is 7.71. The maximum absolute atomic E-state index is 5.78. The smallest absolute Gasteiger partial charge is 0.0593 e. The Balaban J connectivity index is 1.97. The summed E-state index contributed by atoms with van der Waals surface area (Å²) in [4.78, 5) is 0. The Bertz CT molecular complexity index is 318. The molecule has 1 aliphatic rings. The van der Waals surface area contributed by atoms with Crippen LogP contribution in [0.2, 0.25) is 0 Å². The standard InChI is InChI=1S/C12H21N3O/c1-13-11(12-6-7-14-15(12)2)9-10-5-3-4-8-16-10/h6-7,10-11,13H,3-5,8-9H2,1-2H3. The second-order valence-electron chi connectivity index (χ2n) is 4.45. The van der Waals surface area contributed by atoms with Crippen molar-refractivity contribution < 1.29 is 4.74 Å². The Morgan fingerprint density at radius 1 is 1.62 bits per heavy atom. The van der Waals surface area contributed by atoms with E-state index in [-0.39, 0.29) is 0 Å². The predicted octanol–water partition coefficient (Wildman–Crippen LogP) is 1.64. The van der Waals surface area contributed by atoms with Gasteiger partial charge >= 0.3 is 0 Å². The quantitative estimate of drug-likeness (QED) is 0.843. The van der Waals surface area contributed by atoms with Gasteiger partial charge in [-0.15, -0.1) is 0 Å². The molecule has 0 bridgehead atoms. The number of ether oxygens (including phenoxy) is 1. The SMILES string of the molecule is CNC(CC1CCCCO1)c1ccnn1C. The van der Waals surface area contributed by atoms with Crippen LogP contribution in [0, 0.1) is 0 Å². The number of nitrogens with zero attached hydrogens (tertiary/aromatic N) is 2. The number of nitrogens with one attached hydrogen (secondary N) is 1. The van der Waals surface area contributed by atoms with E-state index < -0.39 is 0 Å². The van der Waals surface area contributed by atoms with Crippen LogP contribution in [-0.4, -0.2) is 29.5 Å². The first kappa shape index (κ1) is 11.6. The molecule has 0 aliphatic carbocycles. The molecule has 1 fully saturated rings. The molecule has 90 valence electrons. The third-order valence-corrected chi connectivity index (χ3v) is 3.34. The van der Waals surface area contributed by atoms with Crippen LogP contribution in [-0.2, 0) is 11.8 Å². The molecular formula is C12H21N3O. The lowest BCUT2D eigenvalue weighted by molar-refractivity contribution is 0.00503. The van der Waals surface area contributed by atoms with Gasteiger partial charge in [-0.3, -0.25) is 4.68 Å². The summed E-state index contributed by atoms with van der Waals surface area (Å²) >= 11 is 0. The molecule has 2 heterocycles. The Kier molecular flexibility index (Phi) is 3.96. The molecule has 4 nitrogen and oxygen atoms in total. The first-order chi connectivity index (χ1) is 7.81. The van der Waals surface area contributed by atoms with Gasteiger partial charge in [-0.25, -0.2) is 0 Å². The fourth-order valence-electron chi connectivity index (χ4n) is 2.37. The third kappa shape index (κ3) is 2.62. The molecule has 0 amide bonds. The average Bonchev–Trinajstić information content (AvgIpc) is 2.74. The molecule has 1 aliphatic heterocycles. The van der Waals surface area contributed by atoms with Crippen LogP contribution < -0.4 is 5.32 Å². The van der Waals surface area contributed by atoms with Crippen molar-refractivity contribution in [2.75, 3.05) is 13.7 Å². The molecule has 1 aromatic heterocycles. The number of hydrogen-bond acceptors (Lipinski definition) is 3. The van der Waals surface area contributed by atoms with E-state index in [9.17, 15) is 0 Å². The van der Waals surface area contributed by atoms with E-state index >= 15 is 0 Å². The van der Waals surface area contributed by atoms with Crippen LogP contribution in [0.25, 0.3) is 0 Å². The van der Waals surface area contributed by atoms with Gasteiger partial charge in [0.2, 0.25) is 0 Å². The van der Waals surface area contributed by atoms with Gasteiger partial charge in [0, 0.05) is 19.9 Å². The maximum atomic E-state index is 5.78. The van der Waals surface area contributed by atoms with E-state index in [1.807, 2.05) is 25.0 Å². The minimum absolute atomic E-state index is 0.343. The van der Waals surface area contributed by atoms with E-state index in [0.29, 0.717) is 12.1 Å². The van der Waals surface area contributed by atoms with E-state index in [4.69, 9.17) is 4.74 Å². The molecule has 1 N–H and O–H groups in total. The van der Waals surface area contributed by atoms with Crippen molar-refractivity contribution in [1.29, 1.82) is 0 Å². The zero-order valence-corrected chi connectivity index (χ0v) is 10.1. The van der Waals surface area contributed by atoms with Gasteiger partial charge in [0.05, 0.1) is 17.8 Å². The van der Waals surface area contributed by atoms with Crippen LogP contribution in [0.15, 0.2) is 12.3 Å². The number of aromatic nitrogens is 2. The highest BCUT2D eigenvalue weighted by Crippen LogP contribution is 2.24. The maximum Gasteiger partial charge on any atom is 0.0593 e. The van der Waals surface area contributed by atoms with E-state index in [1.165, 1.54) is 25.0 Å². The largest absolute Gasteiger partial charge is 0.378 e. The molecule has 16 heavy (non-hydrogen) atoms. The fourth-order valence-corrected chi connectivity index (χ4v) is 2.37. The summed E-state index contributed by atoms with van der Waals surface area (Å²) in [6, 6.07) is 2.42. The predicted molar refractivity (Wildman–Crippen MR) is 63.2 cm³/mol. The third-order valence-electron chi connectivity index (χ3n) is 3.34. The Labute approximate surface area is 97.0 Å². The Hall–Kier alpha value is -0.870. The molecule has 0 saturated carbocycles. The minimum Gasteiger partial charge on any atom is -0.378 e. The Morgan fingerprint density at radius 2 is 2.50 bits per heavy atom. The molecule has 2 atom stereocenters. The first-order valence-electron chi connectivity index (χ1n) is 6.08. The van der Waals surface area contributed by atoms with Crippen molar-refractivity contribution in [2.45, 2.75) is 37.8 Å². The van der Waals surface area contributed by atoms with Crippen LogP contribution in [0.4, 0.5) is 0 Å². The lowest BCUT2D eigenvalue weighted by Crippen LogP contribution is -2.28. The van der Waals surface area contributed by atoms with Crippen LogP contribution in [0.5, 0.6) is 0 Å². The molecule has 4 heteroatoms. The van der Waals surface area contributed by atoms with Crippen LogP contribution in [0.1, 0.15) is 37.4 Å². The summed E-state index contributed by atoms with van der Waals surface area (Å²) in [6.07, 6.45) is 6.99. The summed E-state index contributed by atoms with van der Waals surface area (Å²) in [5, 5.41) is 7.57. The zero-order valence-electron chi connectivity index (χ0n) is 10.1. The molecule has 0 aromatic carbocycles. The van der Waals surface area contributed by atoms with Gasteiger partial charge < -0.3 is 10.1 Å². The van der Waals surface area contributed by atoms with E-state index in [1.54, 1.807) is 0 Å². The fraction of sp³-hybridized carbons (Fsp3) is 0.750. The van der Waals surface area contributed by atoms with Crippen molar-refractivity contribution in [3.63, 3.8) is 0 Å². The second kappa shape index (κ2) is 5.46. The van der Waals surface area contributed by atoms with Gasteiger partial charge in [-0.05, 0) is 38.8 Å². The lowest BCUT2D eigenvalue weighted by Gasteiger charge is -2.26.